The van der Waals surface area contributed by atoms with E-state index < -0.39 is 5.41 Å². The van der Waals surface area contributed by atoms with E-state index in [2.05, 4.69) is 225 Å². The second-order valence-electron chi connectivity index (χ2n) is 19.1. The van der Waals surface area contributed by atoms with Crippen molar-refractivity contribution in [2.24, 2.45) is 0 Å². The predicted octanol–water partition coefficient (Wildman–Crippen LogP) is 17.3. The highest BCUT2D eigenvalue weighted by Crippen LogP contribution is 2.63. The number of anilines is 3. The number of hydrogen-bond acceptors (Lipinski definition) is 3. The standard InChI is InChI=1S/C64H41NO2/c1-63(2)52-22-10-5-18-44(52)45-30-27-39(36-57(45)63)65(40-28-31-48-46-19-8-13-25-58(46)66-60(48)37-40)38-29-33-55-51(35-38)42-16-4-3-15-41(42)43-17-6-11-23-53(43)64(55)54-24-12-7-21-50(54)61-56(64)34-32-49-47-20-9-14-26-59(47)67-62(49)61/h3-37H,1-2H3. The van der Waals surface area contributed by atoms with Crippen molar-refractivity contribution in [1.82, 2.24) is 0 Å². The van der Waals surface area contributed by atoms with E-state index in [9.17, 15) is 0 Å². The van der Waals surface area contributed by atoms with Crippen molar-refractivity contribution in [1.29, 1.82) is 0 Å². The Morgan fingerprint density at radius 2 is 0.791 bits per heavy atom. The Morgan fingerprint density at radius 3 is 1.57 bits per heavy atom. The van der Waals surface area contributed by atoms with Crippen LogP contribution in [-0.4, -0.2) is 0 Å². The van der Waals surface area contributed by atoms with Crippen LogP contribution in [-0.2, 0) is 10.8 Å². The van der Waals surface area contributed by atoms with Gasteiger partial charge in [-0.3, -0.25) is 0 Å². The normalized spacial score (nSPS) is 15.8. The van der Waals surface area contributed by atoms with E-state index in [1.54, 1.807) is 0 Å². The fourth-order valence-electron chi connectivity index (χ4n) is 12.6. The molecule has 12 aromatic rings. The number of furan rings is 2. The molecule has 3 heteroatoms. The zero-order valence-corrected chi connectivity index (χ0v) is 37.0. The number of hydrogen-bond donors (Lipinski definition) is 0. The van der Waals surface area contributed by atoms with Crippen molar-refractivity contribution in [2.45, 2.75) is 24.7 Å². The minimum atomic E-state index is -0.663. The first-order valence-corrected chi connectivity index (χ1v) is 23.3. The average Bonchev–Trinajstić information content (AvgIpc) is 4.07. The van der Waals surface area contributed by atoms with Gasteiger partial charge in [-0.25, -0.2) is 0 Å². The molecule has 3 aliphatic carbocycles. The van der Waals surface area contributed by atoms with Crippen LogP contribution < -0.4 is 4.90 Å². The number of fused-ring (bicyclic) bond motifs is 22. The van der Waals surface area contributed by atoms with Gasteiger partial charge in [0.1, 0.15) is 22.3 Å². The fraction of sp³-hybridized carbons (Fsp3) is 0.0625. The molecule has 2 aromatic heterocycles. The molecule has 0 saturated carbocycles. The van der Waals surface area contributed by atoms with E-state index in [0.717, 1.165) is 60.9 Å². The number of nitrogens with zero attached hydrogens (tertiary/aromatic N) is 1. The summed E-state index contributed by atoms with van der Waals surface area (Å²) in [5.74, 6) is 0. The number of para-hydroxylation sites is 2. The summed E-state index contributed by atoms with van der Waals surface area (Å²) >= 11 is 0. The van der Waals surface area contributed by atoms with Crippen LogP contribution in [0, 0.1) is 0 Å². The molecule has 67 heavy (non-hydrogen) atoms. The third-order valence-electron chi connectivity index (χ3n) is 15.5. The quantitative estimate of drug-likeness (QED) is 0.177. The number of benzene rings is 10. The lowest BCUT2D eigenvalue weighted by Gasteiger charge is -2.36. The lowest BCUT2D eigenvalue weighted by Crippen LogP contribution is -2.29. The van der Waals surface area contributed by atoms with Gasteiger partial charge in [0.2, 0.25) is 0 Å². The largest absolute Gasteiger partial charge is 0.456 e. The Hall–Kier alpha value is -8.40. The fourth-order valence-corrected chi connectivity index (χ4v) is 12.6. The first kappa shape index (κ1) is 36.9. The van der Waals surface area contributed by atoms with Crippen LogP contribution in [0.1, 0.15) is 47.2 Å². The Bertz CT molecular complexity index is 4110. The first-order valence-electron chi connectivity index (χ1n) is 23.3. The monoisotopic (exact) mass is 855 g/mol. The molecule has 1 atom stereocenters. The Kier molecular flexibility index (Phi) is 7.22. The van der Waals surface area contributed by atoms with E-state index in [1.807, 2.05) is 6.07 Å². The third-order valence-corrected chi connectivity index (χ3v) is 15.5. The molecule has 1 spiro atoms. The molecule has 0 aliphatic heterocycles. The van der Waals surface area contributed by atoms with Crippen LogP contribution in [0.5, 0.6) is 0 Å². The Balaban J connectivity index is 1.03. The van der Waals surface area contributed by atoms with Gasteiger partial charge < -0.3 is 13.7 Å². The molecule has 2 heterocycles. The molecular weight excluding hydrogens is 815 g/mol. The van der Waals surface area contributed by atoms with E-state index in [1.165, 1.54) is 77.9 Å². The van der Waals surface area contributed by atoms with Crippen LogP contribution in [0.2, 0.25) is 0 Å². The van der Waals surface area contributed by atoms with Crippen molar-refractivity contribution >= 4 is 60.9 Å². The second-order valence-corrected chi connectivity index (χ2v) is 19.1. The van der Waals surface area contributed by atoms with Gasteiger partial charge >= 0.3 is 0 Å². The summed E-state index contributed by atoms with van der Waals surface area (Å²) < 4.78 is 13.5. The lowest BCUT2D eigenvalue weighted by atomic mass is 9.66. The minimum Gasteiger partial charge on any atom is -0.456 e. The highest BCUT2D eigenvalue weighted by Gasteiger charge is 2.51. The Labute approximate surface area is 387 Å². The maximum absolute atomic E-state index is 6.91. The molecule has 314 valence electrons. The second kappa shape index (κ2) is 13.1. The smallest absolute Gasteiger partial charge is 0.143 e. The molecule has 0 bridgehead atoms. The first-order chi connectivity index (χ1) is 33.0. The lowest BCUT2D eigenvalue weighted by molar-refractivity contribution is 0.660. The maximum atomic E-state index is 6.91. The van der Waals surface area contributed by atoms with Crippen LogP contribution in [0.15, 0.2) is 221 Å². The van der Waals surface area contributed by atoms with Gasteiger partial charge in [0.05, 0.1) is 5.41 Å². The molecule has 15 rings (SSSR count). The molecular formula is C64H41NO2. The summed E-state index contributed by atoms with van der Waals surface area (Å²) in [4.78, 5) is 2.44. The molecule has 3 nitrogen and oxygen atoms in total. The maximum Gasteiger partial charge on any atom is 0.143 e. The molecule has 0 N–H and O–H groups in total. The van der Waals surface area contributed by atoms with Gasteiger partial charge in [0.25, 0.3) is 0 Å². The van der Waals surface area contributed by atoms with E-state index in [4.69, 9.17) is 8.83 Å². The molecule has 0 fully saturated rings. The zero-order chi connectivity index (χ0) is 44.2. The number of rotatable bonds is 3. The third kappa shape index (κ3) is 4.75. The summed E-state index contributed by atoms with van der Waals surface area (Å²) in [5, 5.41) is 4.51. The Morgan fingerprint density at radius 1 is 0.313 bits per heavy atom. The van der Waals surface area contributed by atoms with E-state index in [0.29, 0.717) is 0 Å². The van der Waals surface area contributed by atoms with Crippen molar-refractivity contribution < 1.29 is 8.83 Å². The molecule has 0 radical (unpaired) electrons. The van der Waals surface area contributed by atoms with Gasteiger partial charge in [-0.15, -0.1) is 0 Å². The van der Waals surface area contributed by atoms with E-state index >= 15 is 0 Å². The van der Waals surface area contributed by atoms with Crippen molar-refractivity contribution in [3.05, 3.63) is 246 Å². The van der Waals surface area contributed by atoms with E-state index in [-0.39, 0.29) is 5.41 Å². The molecule has 10 aromatic carbocycles. The summed E-state index contributed by atoms with van der Waals surface area (Å²) in [6.45, 7) is 4.72. The average molecular weight is 856 g/mol. The van der Waals surface area contributed by atoms with Crippen LogP contribution in [0.25, 0.3) is 88.4 Å². The summed E-state index contributed by atoms with van der Waals surface area (Å²) in [6, 6.07) is 78.5. The zero-order valence-electron chi connectivity index (χ0n) is 37.0. The predicted molar refractivity (Wildman–Crippen MR) is 275 cm³/mol. The summed E-state index contributed by atoms with van der Waals surface area (Å²) in [5.41, 5.74) is 23.5. The van der Waals surface area contributed by atoms with Gasteiger partial charge in [-0.05, 0) is 121 Å². The van der Waals surface area contributed by atoms with Crippen molar-refractivity contribution in [2.75, 3.05) is 4.90 Å². The molecule has 0 saturated heterocycles. The van der Waals surface area contributed by atoms with Crippen LogP contribution in [0.4, 0.5) is 17.1 Å². The summed E-state index contributed by atoms with van der Waals surface area (Å²) in [6.07, 6.45) is 0. The van der Waals surface area contributed by atoms with Gasteiger partial charge in [-0.1, -0.05) is 172 Å². The van der Waals surface area contributed by atoms with Crippen molar-refractivity contribution in [3.63, 3.8) is 0 Å². The van der Waals surface area contributed by atoms with Gasteiger partial charge in [-0.2, -0.15) is 0 Å². The molecule has 1 unspecified atom stereocenters. The van der Waals surface area contributed by atoms with Gasteiger partial charge in [0.15, 0.2) is 0 Å². The minimum absolute atomic E-state index is 0.171. The summed E-state index contributed by atoms with van der Waals surface area (Å²) in [7, 11) is 0. The van der Waals surface area contributed by atoms with Crippen LogP contribution >= 0.6 is 0 Å². The van der Waals surface area contributed by atoms with Crippen molar-refractivity contribution in [3.8, 4) is 44.5 Å². The molecule has 3 aliphatic rings. The highest BCUT2D eigenvalue weighted by molar-refractivity contribution is 6.13. The topological polar surface area (TPSA) is 29.5 Å². The SMILES string of the molecule is CC1(C)c2ccccc2-c2ccc(N(c3ccc4c(c3)-c3ccccc3-c3ccccc3C43c4ccccc4-c4c3ccc3c4oc4ccccc43)c3ccc4c(c3)oc3ccccc34)cc21. The van der Waals surface area contributed by atoms with Gasteiger partial charge in [0, 0.05) is 55.7 Å². The molecule has 0 amide bonds. The van der Waals surface area contributed by atoms with Crippen LogP contribution in [0.3, 0.4) is 0 Å². The highest BCUT2D eigenvalue weighted by atomic mass is 16.3.